The van der Waals surface area contributed by atoms with Gasteiger partial charge in [-0.05, 0) is 6.42 Å². The Morgan fingerprint density at radius 2 is 1.74 bits per heavy atom. The number of aliphatic hydroxyl groups is 2. The molecule has 322 valence electrons. The maximum Gasteiger partial charge on any atom is 0.481 e. The van der Waals surface area contributed by atoms with Crippen molar-refractivity contribution in [1.29, 1.82) is 0 Å². The Hall–Kier alpha value is -2.68. The summed E-state index contributed by atoms with van der Waals surface area (Å²) in [7, 11) is -16.5. The summed E-state index contributed by atoms with van der Waals surface area (Å²) in [5, 5.41) is 34.6. The standard InChI is InChI=1S/C26H41ClN7O19P3S/c1-26(2,19(37)22(38)30-6-4-15(35)29-7-8-57-25(41)13(3-5-27)24(39)40)10-50-56(47,48)53-55(45,46)49-9-14-18(52-54(42,43)44)17(36)23(51-14)34-12-33-16-20(28)31-11-32-21(16)34/h11-14,17-19,23,36-37H,3-10H2,1-2H3,(H,29,35)(H,30,38)(H,39,40)(H,45,46)(H,47,48)(H2,28,31,32)(H2,42,43,44)/t13?,14-,17-,18-,19+,23-/m1/s1. The zero-order valence-corrected chi connectivity index (χ0v) is 34.1. The van der Waals surface area contributed by atoms with E-state index >= 15 is 0 Å². The summed E-state index contributed by atoms with van der Waals surface area (Å²) >= 11 is 6.22. The number of ether oxygens (including phenoxy) is 1. The van der Waals surface area contributed by atoms with Crippen molar-refractivity contribution >= 4 is 86.7 Å². The fourth-order valence-corrected chi connectivity index (χ4v) is 8.71. The van der Waals surface area contributed by atoms with E-state index < -0.39 is 102 Å². The highest BCUT2D eigenvalue weighted by atomic mass is 35.5. The van der Waals surface area contributed by atoms with Crippen molar-refractivity contribution in [1.82, 2.24) is 30.2 Å². The molecule has 0 radical (unpaired) electrons. The molecule has 0 saturated carbocycles. The predicted molar refractivity (Wildman–Crippen MR) is 194 cm³/mol. The van der Waals surface area contributed by atoms with E-state index in [1.54, 1.807) is 0 Å². The number of rotatable bonds is 23. The number of carbonyl (C=O) groups excluding carboxylic acids is 3. The maximum absolute atomic E-state index is 12.7. The largest absolute Gasteiger partial charge is 0.481 e. The van der Waals surface area contributed by atoms with E-state index in [4.69, 9.17) is 36.2 Å². The number of phosphoric acid groups is 3. The van der Waals surface area contributed by atoms with E-state index in [1.807, 2.05) is 0 Å². The van der Waals surface area contributed by atoms with Gasteiger partial charge in [0.1, 0.15) is 42.2 Å². The second kappa shape index (κ2) is 20.5. The molecule has 3 rings (SSSR count). The number of fused-ring (bicyclic) bond motifs is 1. The number of aromatic nitrogens is 4. The molecule has 1 fully saturated rings. The van der Waals surface area contributed by atoms with Gasteiger partial charge in [0.2, 0.25) is 16.9 Å². The van der Waals surface area contributed by atoms with Gasteiger partial charge in [-0.15, -0.1) is 11.6 Å². The molecule has 26 nitrogen and oxygen atoms in total. The number of nitrogens with zero attached hydrogens (tertiary/aromatic N) is 4. The SMILES string of the molecule is CC(C)(COP(=O)(O)OP(=O)(O)OC[C@H]1O[C@@H](n2cnc3c(N)ncnc32)[C@H](O)[C@@H]1OP(=O)(O)O)[C@@H](O)C(=O)NCCC(=O)NCCSC(=O)C(CCCl)C(=O)O. The number of amides is 2. The molecule has 1 saturated heterocycles. The number of anilines is 1. The number of carboxylic acids is 1. The van der Waals surface area contributed by atoms with Crippen LogP contribution in [0.4, 0.5) is 5.82 Å². The van der Waals surface area contributed by atoms with Crippen LogP contribution in [0.25, 0.3) is 11.2 Å². The van der Waals surface area contributed by atoms with Crippen molar-refractivity contribution in [2.45, 2.75) is 57.3 Å². The highest BCUT2D eigenvalue weighted by molar-refractivity contribution is 8.13. The molecule has 0 aromatic carbocycles. The van der Waals surface area contributed by atoms with Crippen LogP contribution in [0.5, 0.6) is 0 Å². The van der Waals surface area contributed by atoms with Crippen molar-refractivity contribution in [3.8, 4) is 0 Å². The van der Waals surface area contributed by atoms with Crippen LogP contribution < -0.4 is 16.4 Å². The minimum absolute atomic E-state index is 0.00165. The molecule has 3 unspecified atom stereocenters. The van der Waals surface area contributed by atoms with Gasteiger partial charge in [0, 0.05) is 36.6 Å². The van der Waals surface area contributed by atoms with Gasteiger partial charge in [0.25, 0.3) is 0 Å². The van der Waals surface area contributed by atoms with Crippen LogP contribution in [0.1, 0.15) is 32.9 Å². The van der Waals surface area contributed by atoms with Crippen molar-refractivity contribution < 1.29 is 90.4 Å². The minimum Gasteiger partial charge on any atom is -0.481 e. The molecule has 0 spiro atoms. The number of thioether (sulfide) groups is 1. The fourth-order valence-electron chi connectivity index (χ4n) is 4.83. The lowest BCUT2D eigenvalue weighted by Crippen LogP contribution is -2.46. The quantitative estimate of drug-likeness (QED) is 0.0276. The van der Waals surface area contributed by atoms with E-state index in [9.17, 15) is 62.7 Å². The third-order valence-corrected chi connectivity index (χ3v) is 12.0. The van der Waals surface area contributed by atoms with E-state index in [0.717, 1.165) is 17.2 Å². The van der Waals surface area contributed by atoms with Crippen molar-refractivity contribution in [3.63, 3.8) is 0 Å². The van der Waals surface area contributed by atoms with Crippen LogP contribution in [-0.4, -0.2) is 140 Å². The lowest BCUT2D eigenvalue weighted by Gasteiger charge is -2.30. The molecule has 1 aliphatic rings. The molecule has 2 aromatic rings. The molecular formula is C26H41ClN7O19P3S. The first kappa shape index (κ1) is 48.7. The Bertz CT molecular complexity index is 1910. The Balaban J connectivity index is 1.49. The highest BCUT2D eigenvalue weighted by Crippen LogP contribution is 2.61. The van der Waals surface area contributed by atoms with Crippen LogP contribution in [0.15, 0.2) is 12.7 Å². The van der Waals surface area contributed by atoms with Gasteiger partial charge >= 0.3 is 29.4 Å². The number of imidazole rings is 1. The number of hydrogen-bond donors (Lipinski definition) is 10. The van der Waals surface area contributed by atoms with Crippen LogP contribution in [0.3, 0.4) is 0 Å². The Kier molecular flexibility index (Phi) is 17.5. The molecule has 8 atom stereocenters. The summed E-state index contributed by atoms with van der Waals surface area (Å²) < 4.78 is 62.0. The molecular weight excluding hydrogens is 875 g/mol. The number of alkyl halides is 1. The summed E-state index contributed by atoms with van der Waals surface area (Å²) in [4.78, 5) is 98.6. The van der Waals surface area contributed by atoms with Crippen LogP contribution >= 0.6 is 46.8 Å². The number of nitrogens with one attached hydrogen (secondary N) is 2. The predicted octanol–water partition coefficient (Wildman–Crippen LogP) is -1.01. The molecule has 3 heterocycles. The zero-order chi connectivity index (χ0) is 42.9. The van der Waals surface area contributed by atoms with Gasteiger partial charge in [-0.3, -0.25) is 37.3 Å². The second-order valence-corrected chi connectivity index (χ2v) is 18.3. The second-order valence-electron chi connectivity index (χ2n) is 12.6. The monoisotopic (exact) mass is 915 g/mol. The number of halogens is 1. The number of hydrogen-bond acceptors (Lipinski definition) is 19. The maximum atomic E-state index is 12.7. The third-order valence-electron chi connectivity index (χ3n) is 7.73. The number of carboxylic acid groups (broad SMARTS) is 1. The number of carbonyl (C=O) groups is 4. The molecule has 0 aliphatic carbocycles. The van der Waals surface area contributed by atoms with Crippen molar-refractivity contribution in [2.24, 2.45) is 11.3 Å². The Morgan fingerprint density at radius 3 is 2.37 bits per heavy atom. The average molecular weight is 916 g/mol. The first-order valence-electron chi connectivity index (χ1n) is 16.2. The van der Waals surface area contributed by atoms with Gasteiger partial charge in [0.05, 0.1) is 19.5 Å². The minimum atomic E-state index is -5.60. The van der Waals surface area contributed by atoms with Crippen molar-refractivity contribution in [3.05, 3.63) is 12.7 Å². The van der Waals surface area contributed by atoms with Crippen molar-refractivity contribution in [2.75, 3.05) is 43.7 Å². The third kappa shape index (κ3) is 14.5. The number of phosphoric ester groups is 3. The van der Waals surface area contributed by atoms with Gasteiger partial charge < -0.3 is 56.0 Å². The Morgan fingerprint density at radius 1 is 1.07 bits per heavy atom. The van der Waals surface area contributed by atoms with E-state index in [0.29, 0.717) is 11.8 Å². The van der Waals surface area contributed by atoms with Crippen LogP contribution in [-0.2, 0) is 55.5 Å². The molecule has 31 heteroatoms. The molecule has 0 bridgehead atoms. The van der Waals surface area contributed by atoms with Gasteiger partial charge in [0.15, 0.2) is 17.7 Å². The Labute approximate surface area is 331 Å². The summed E-state index contributed by atoms with van der Waals surface area (Å²) in [5.74, 6) is -4.19. The zero-order valence-electron chi connectivity index (χ0n) is 29.8. The average Bonchev–Trinajstić information content (AvgIpc) is 3.66. The first-order chi connectivity index (χ1) is 26.4. The van der Waals surface area contributed by atoms with Gasteiger partial charge in [-0.2, -0.15) is 4.31 Å². The van der Waals surface area contributed by atoms with E-state index in [-0.39, 0.29) is 54.5 Å². The molecule has 1 aliphatic heterocycles. The van der Waals surface area contributed by atoms with Crippen LogP contribution in [0, 0.1) is 11.3 Å². The molecule has 2 amide bonds. The number of aliphatic carboxylic acids is 1. The first-order valence-corrected chi connectivity index (χ1v) is 22.3. The highest BCUT2D eigenvalue weighted by Gasteiger charge is 2.50. The topological polar surface area (TPSA) is 401 Å². The summed E-state index contributed by atoms with van der Waals surface area (Å²) in [6.45, 7) is 0.0644. The molecule has 57 heavy (non-hydrogen) atoms. The lowest BCUT2D eigenvalue weighted by molar-refractivity contribution is -0.144. The van der Waals surface area contributed by atoms with Gasteiger partial charge in [-0.25, -0.2) is 28.6 Å². The number of nitrogen functional groups attached to an aromatic ring is 1. The number of nitrogens with two attached hydrogens (primary N) is 1. The van der Waals surface area contributed by atoms with Gasteiger partial charge in [-0.1, -0.05) is 25.6 Å². The summed E-state index contributed by atoms with van der Waals surface area (Å²) in [6.07, 6.45) is -7.22. The van der Waals surface area contributed by atoms with E-state index in [2.05, 4.69) is 34.4 Å². The summed E-state index contributed by atoms with van der Waals surface area (Å²) in [5.41, 5.74) is 4.18. The van der Waals surface area contributed by atoms with Crippen LogP contribution in [0.2, 0.25) is 0 Å². The normalized spacial score (nSPS) is 22.0. The molecule has 11 N–H and O–H groups in total. The smallest absolute Gasteiger partial charge is 0.481 e. The van der Waals surface area contributed by atoms with E-state index in [1.165, 1.54) is 13.8 Å². The lowest BCUT2D eigenvalue weighted by atomic mass is 9.87. The number of aliphatic hydroxyl groups excluding tert-OH is 2. The fraction of sp³-hybridized carbons (Fsp3) is 0.654. The summed E-state index contributed by atoms with van der Waals surface area (Å²) in [6, 6.07) is 0. The molecule has 2 aromatic heterocycles.